The average Bonchev–Trinajstić information content (AvgIpc) is 3.11. The number of hydrogen-bond acceptors (Lipinski definition) is 3. The molecule has 0 saturated carbocycles. The van der Waals surface area contributed by atoms with Crippen molar-refractivity contribution in [3.63, 3.8) is 0 Å². The minimum atomic E-state index is -1.03. The zero-order valence-electron chi connectivity index (χ0n) is 11.5. The molecule has 116 valence electrons. The van der Waals surface area contributed by atoms with Gasteiger partial charge in [-0.2, -0.15) is 0 Å². The smallest absolute Gasteiger partial charge is 0.359 e. The van der Waals surface area contributed by atoms with E-state index in [1.807, 2.05) is 0 Å². The fraction of sp³-hybridized carbons (Fsp3) is 0.286. The minimum Gasteiger partial charge on any atom is -0.359 e. The number of nitrogens with zero attached hydrogens (tertiary/aromatic N) is 1. The SMILES string of the molecule is O=C(Nc1c[nH]c2cc(F)c(F)cc12)OC(=O)N1CCCC1. The van der Waals surface area contributed by atoms with Gasteiger partial charge < -0.3 is 14.6 Å². The Morgan fingerprint density at radius 1 is 1.18 bits per heavy atom. The molecule has 1 saturated heterocycles. The van der Waals surface area contributed by atoms with Gasteiger partial charge in [0, 0.05) is 30.7 Å². The third kappa shape index (κ3) is 2.72. The third-order valence-corrected chi connectivity index (χ3v) is 3.50. The Morgan fingerprint density at radius 3 is 2.59 bits per heavy atom. The van der Waals surface area contributed by atoms with Crippen LogP contribution in [0.2, 0.25) is 0 Å². The standard InChI is InChI=1S/C14H13F2N3O3/c15-9-5-8-11(6-10(9)16)17-7-12(8)18-13(20)22-14(21)19-3-1-2-4-19/h5-7,17H,1-4H2,(H,18,20). The molecule has 1 aliphatic heterocycles. The monoisotopic (exact) mass is 309 g/mol. The van der Waals surface area contributed by atoms with Gasteiger partial charge >= 0.3 is 12.2 Å². The summed E-state index contributed by atoms with van der Waals surface area (Å²) >= 11 is 0. The Labute approximate surface area is 124 Å². The molecule has 0 radical (unpaired) electrons. The number of benzene rings is 1. The lowest BCUT2D eigenvalue weighted by Crippen LogP contribution is -2.31. The maximum absolute atomic E-state index is 13.3. The highest BCUT2D eigenvalue weighted by Crippen LogP contribution is 2.25. The molecule has 2 N–H and O–H groups in total. The molecule has 1 aromatic carbocycles. The van der Waals surface area contributed by atoms with Crippen molar-refractivity contribution in [2.24, 2.45) is 0 Å². The van der Waals surface area contributed by atoms with Crippen molar-refractivity contribution in [3.05, 3.63) is 30.0 Å². The summed E-state index contributed by atoms with van der Waals surface area (Å²) in [6.07, 6.45) is 1.44. The second-order valence-electron chi connectivity index (χ2n) is 4.99. The van der Waals surface area contributed by atoms with Crippen molar-refractivity contribution in [2.45, 2.75) is 12.8 Å². The molecule has 0 aliphatic carbocycles. The molecule has 0 spiro atoms. The van der Waals surface area contributed by atoms with Crippen LogP contribution in [-0.4, -0.2) is 35.2 Å². The maximum Gasteiger partial charge on any atom is 0.420 e. The Morgan fingerprint density at radius 2 is 1.86 bits per heavy atom. The van der Waals surface area contributed by atoms with Crippen molar-refractivity contribution in [3.8, 4) is 0 Å². The Hall–Kier alpha value is -2.64. The van der Waals surface area contributed by atoms with Crippen LogP contribution in [0.15, 0.2) is 18.3 Å². The first-order valence-corrected chi connectivity index (χ1v) is 6.78. The minimum absolute atomic E-state index is 0.202. The number of nitrogens with one attached hydrogen (secondary N) is 2. The number of carbonyl (C=O) groups excluding carboxylic acids is 2. The average molecular weight is 309 g/mol. The molecule has 2 heterocycles. The normalized spacial score (nSPS) is 14.4. The van der Waals surface area contributed by atoms with Gasteiger partial charge in [0.1, 0.15) is 0 Å². The molecule has 6 nitrogen and oxygen atoms in total. The Kier molecular flexibility index (Phi) is 3.66. The van der Waals surface area contributed by atoms with Gasteiger partial charge in [-0.3, -0.25) is 5.32 Å². The summed E-state index contributed by atoms with van der Waals surface area (Å²) < 4.78 is 31.0. The van der Waals surface area contributed by atoms with Gasteiger partial charge in [-0.25, -0.2) is 18.4 Å². The van der Waals surface area contributed by atoms with Crippen molar-refractivity contribution in [2.75, 3.05) is 18.4 Å². The van der Waals surface area contributed by atoms with Crippen LogP contribution in [0.3, 0.4) is 0 Å². The number of ether oxygens (including phenoxy) is 1. The van der Waals surface area contributed by atoms with E-state index in [0.29, 0.717) is 18.6 Å². The van der Waals surface area contributed by atoms with Crippen LogP contribution >= 0.6 is 0 Å². The van der Waals surface area contributed by atoms with E-state index >= 15 is 0 Å². The van der Waals surface area contributed by atoms with E-state index in [4.69, 9.17) is 0 Å². The molecule has 8 heteroatoms. The van der Waals surface area contributed by atoms with Gasteiger partial charge in [-0.15, -0.1) is 0 Å². The molecule has 1 fully saturated rings. The number of H-pyrrole nitrogens is 1. The molecule has 2 aromatic rings. The van der Waals surface area contributed by atoms with Gasteiger partial charge in [-0.1, -0.05) is 0 Å². The molecule has 1 aromatic heterocycles. The van der Waals surface area contributed by atoms with Crippen LogP contribution in [0.1, 0.15) is 12.8 Å². The molecule has 1 aliphatic rings. The van der Waals surface area contributed by atoms with Gasteiger partial charge in [0.05, 0.1) is 11.2 Å². The van der Waals surface area contributed by atoms with E-state index in [1.54, 1.807) is 0 Å². The number of fused-ring (bicyclic) bond motifs is 1. The number of anilines is 1. The first kappa shape index (κ1) is 14.3. The van der Waals surface area contributed by atoms with Crippen LogP contribution in [0.5, 0.6) is 0 Å². The summed E-state index contributed by atoms with van der Waals surface area (Å²) in [6.45, 7) is 1.12. The lowest BCUT2D eigenvalue weighted by Gasteiger charge is -2.13. The number of aromatic amines is 1. The van der Waals surface area contributed by atoms with E-state index in [-0.39, 0.29) is 11.1 Å². The van der Waals surface area contributed by atoms with Crippen LogP contribution in [0, 0.1) is 11.6 Å². The van der Waals surface area contributed by atoms with Crippen LogP contribution < -0.4 is 5.32 Å². The zero-order valence-corrected chi connectivity index (χ0v) is 11.5. The number of hydrogen-bond donors (Lipinski definition) is 2. The highest BCUT2D eigenvalue weighted by molar-refractivity contribution is 6.01. The number of rotatable bonds is 1. The molecule has 0 bridgehead atoms. The zero-order chi connectivity index (χ0) is 15.7. The summed E-state index contributed by atoms with van der Waals surface area (Å²) in [4.78, 5) is 27.5. The number of likely N-dealkylation sites (tertiary alicyclic amines) is 1. The largest absolute Gasteiger partial charge is 0.420 e. The van der Waals surface area contributed by atoms with Gasteiger partial charge in [0.2, 0.25) is 0 Å². The quantitative estimate of drug-likeness (QED) is 0.794. The van der Waals surface area contributed by atoms with Gasteiger partial charge in [-0.05, 0) is 18.9 Å². The number of aromatic nitrogens is 1. The van der Waals surface area contributed by atoms with Gasteiger partial charge in [0.25, 0.3) is 0 Å². The van der Waals surface area contributed by atoms with Crippen LogP contribution in [0.4, 0.5) is 24.1 Å². The van der Waals surface area contributed by atoms with E-state index < -0.39 is 23.8 Å². The predicted octanol–water partition coefficient (Wildman–Crippen LogP) is 3.21. The fourth-order valence-electron chi connectivity index (χ4n) is 2.40. The summed E-state index contributed by atoms with van der Waals surface area (Å²) in [5.74, 6) is -2.02. The van der Waals surface area contributed by atoms with Crippen LogP contribution in [0.25, 0.3) is 10.9 Å². The molecular formula is C14H13F2N3O3. The van der Waals surface area contributed by atoms with Crippen molar-refractivity contribution < 1.29 is 23.1 Å². The van der Waals surface area contributed by atoms with E-state index in [2.05, 4.69) is 15.0 Å². The Bertz CT molecular complexity index is 738. The number of halogens is 2. The first-order chi connectivity index (χ1) is 10.5. The maximum atomic E-state index is 13.3. The summed E-state index contributed by atoms with van der Waals surface area (Å²) in [5, 5.41) is 2.62. The van der Waals surface area contributed by atoms with Crippen molar-refractivity contribution >= 4 is 28.8 Å². The predicted molar refractivity (Wildman–Crippen MR) is 74.5 cm³/mol. The number of amides is 2. The highest BCUT2D eigenvalue weighted by Gasteiger charge is 2.22. The molecular weight excluding hydrogens is 296 g/mol. The first-order valence-electron chi connectivity index (χ1n) is 6.78. The summed E-state index contributed by atoms with van der Waals surface area (Å²) in [6, 6.07) is 1.94. The van der Waals surface area contributed by atoms with Crippen molar-refractivity contribution in [1.29, 1.82) is 0 Å². The van der Waals surface area contributed by atoms with E-state index in [0.717, 1.165) is 25.0 Å². The highest BCUT2D eigenvalue weighted by atomic mass is 19.2. The molecule has 0 atom stereocenters. The topological polar surface area (TPSA) is 74.4 Å². The lowest BCUT2D eigenvalue weighted by atomic mass is 10.2. The summed E-state index contributed by atoms with van der Waals surface area (Å²) in [5.41, 5.74) is 0.521. The third-order valence-electron chi connectivity index (χ3n) is 3.50. The molecule has 22 heavy (non-hydrogen) atoms. The van der Waals surface area contributed by atoms with Gasteiger partial charge in [0.15, 0.2) is 11.6 Å². The van der Waals surface area contributed by atoms with E-state index in [1.165, 1.54) is 11.1 Å². The number of carbonyl (C=O) groups is 2. The van der Waals surface area contributed by atoms with Crippen molar-refractivity contribution in [1.82, 2.24) is 9.88 Å². The fourth-order valence-corrected chi connectivity index (χ4v) is 2.40. The molecule has 3 rings (SSSR count). The second kappa shape index (κ2) is 5.63. The van der Waals surface area contributed by atoms with E-state index in [9.17, 15) is 18.4 Å². The second-order valence-corrected chi connectivity index (χ2v) is 4.99. The molecule has 2 amide bonds. The Balaban J connectivity index is 1.71. The summed E-state index contributed by atoms with van der Waals surface area (Å²) in [7, 11) is 0. The van der Waals surface area contributed by atoms with Crippen LogP contribution in [-0.2, 0) is 4.74 Å². The molecule has 0 unspecified atom stereocenters. The lowest BCUT2D eigenvalue weighted by molar-refractivity contribution is 0.132.